The number of H-pyrrole nitrogens is 1. The lowest BCUT2D eigenvalue weighted by atomic mass is 10.2. The SMILES string of the molecule is CC1CC1CNC(=O)c1c[nH]ccc1=O. The molecule has 2 rings (SSSR count). The minimum Gasteiger partial charge on any atom is -0.367 e. The van der Waals surface area contributed by atoms with Crippen LogP contribution < -0.4 is 10.7 Å². The number of carbonyl (C=O) groups excluding carboxylic acids is 1. The molecule has 1 aliphatic rings. The quantitative estimate of drug-likeness (QED) is 0.767. The summed E-state index contributed by atoms with van der Waals surface area (Å²) < 4.78 is 0. The minimum absolute atomic E-state index is 0.186. The van der Waals surface area contributed by atoms with Crippen LogP contribution >= 0.6 is 0 Å². The molecule has 0 saturated heterocycles. The van der Waals surface area contributed by atoms with Crippen molar-refractivity contribution in [1.82, 2.24) is 10.3 Å². The fourth-order valence-corrected chi connectivity index (χ4v) is 1.60. The largest absolute Gasteiger partial charge is 0.367 e. The highest BCUT2D eigenvalue weighted by Gasteiger charge is 2.32. The van der Waals surface area contributed by atoms with E-state index < -0.39 is 0 Å². The Hall–Kier alpha value is -1.58. The monoisotopic (exact) mass is 206 g/mol. The topological polar surface area (TPSA) is 62.0 Å². The van der Waals surface area contributed by atoms with Crippen molar-refractivity contribution >= 4 is 5.91 Å². The first-order valence-electron chi connectivity index (χ1n) is 5.14. The predicted octanol–water partition coefficient (Wildman–Crippen LogP) is 0.761. The van der Waals surface area contributed by atoms with Gasteiger partial charge in [-0.1, -0.05) is 6.92 Å². The summed E-state index contributed by atoms with van der Waals surface area (Å²) in [6.45, 7) is 2.83. The molecule has 0 aliphatic heterocycles. The molecule has 1 aromatic heterocycles. The summed E-state index contributed by atoms with van der Waals surface area (Å²) in [5.41, 5.74) is -0.0547. The summed E-state index contributed by atoms with van der Waals surface area (Å²) in [6.07, 6.45) is 4.13. The van der Waals surface area contributed by atoms with Crippen molar-refractivity contribution in [2.24, 2.45) is 11.8 Å². The molecule has 1 aliphatic carbocycles. The highest BCUT2D eigenvalue weighted by molar-refractivity contribution is 5.93. The van der Waals surface area contributed by atoms with Gasteiger partial charge in [-0.05, 0) is 18.3 Å². The fourth-order valence-electron chi connectivity index (χ4n) is 1.60. The number of aromatic amines is 1. The number of hydrogen-bond acceptors (Lipinski definition) is 2. The third kappa shape index (κ3) is 2.26. The molecule has 1 saturated carbocycles. The van der Waals surface area contributed by atoms with Crippen LogP contribution in [0.4, 0.5) is 0 Å². The average molecular weight is 206 g/mol. The lowest BCUT2D eigenvalue weighted by Crippen LogP contribution is -2.30. The Balaban J connectivity index is 1.96. The minimum atomic E-state index is -0.282. The first-order valence-corrected chi connectivity index (χ1v) is 5.14. The van der Waals surface area contributed by atoms with Crippen molar-refractivity contribution in [3.63, 3.8) is 0 Å². The average Bonchev–Trinajstić information content (AvgIpc) is 2.92. The molecule has 2 unspecified atom stereocenters. The van der Waals surface area contributed by atoms with Gasteiger partial charge in [0.2, 0.25) is 0 Å². The van der Waals surface area contributed by atoms with Crippen molar-refractivity contribution in [2.45, 2.75) is 13.3 Å². The first kappa shape index (κ1) is 9.96. The Morgan fingerprint density at radius 3 is 3.00 bits per heavy atom. The number of rotatable bonds is 3. The van der Waals surface area contributed by atoms with Gasteiger partial charge in [-0.3, -0.25) is 9.59 Å². The van der Waals surface area contributed by atoms with E-state index in [9.17, 15) is 9.59 Å². The third-order valence-electron chi connectivity index (χ3n) is 2.87. The molecule has 0 spiro atoms. The highest BCUT2D eigenvalue weighted by Crippen LogP contribution is 2.36. The van der Waals surface area contributed by atoms with Gasteiger partial charge < -0.3 is 10.3 Å². The van der Waals surface area contributed by atoms with Crippen LogP contribution in [0.15, 0.2) is 23.3 Å². The smallest absolute Gasteiger partial charge is 0.256 e. The van der Waals surface area contributed by atoms with Crippen LogP contribution in [-0.2, 0) is 0 Å². The van der Waals surface area contributed by atoms with Crippen LogP contribution in [0.1, 0.15) is 23.7 Å². The standard InChI is InChI=1S/C11H14N2O2/c1-7-4-8(7)5-13-11(15)9-6-12-3-2-10(9)14/h2-3,6-8H,4-5H2,1H3,(H,12,14)(H,13,15). The molecule has 0 aromatic carbocycles. The lowest BCUT2D eigenvalue weighted by molar-refractivity contribution is 0.0950. The molecule has 1 aromatic rings. The van der Waals surface area contributed by atoms with Crippen molar-refractivity contribution in [2.75, 3.05) is 6.54 Å². The summed E-state index contributed by atoms with van der Waals surface area (Å²) in [5.74, 6) is 1.02. The van der Waals surface area contributed by atoms with Gasteiger partial charge in [0.15, 0.2) is 5.43 Å². The van der Waals surface area contributed by atoms with Crippen molar-refractivity contribution in [1.29, 1.82) is 0 Å². The molecule has 15 heavy (non-hydrogen) atoms. The van der Waals surface area contributed by atoms with Crippen LogP contribution in [0.5, 0.6) is 0 Å². The summed E-state index contributed by atoms with van der Waals surface area (Å²) >= 11 is 0. The van der Waals surface area contributed by atoms with E-state index in [1.807, 2.05) is 0 Å². The molecule has 2 atom stereocenters. The Labute approximate surface area is 87.7 Å². The molecule has 80 valence electrons. The van der Waals surface area contributed by atoms with Gasteiger partial charge in [0.1, 0.15) is 5.56 Å². The Morgan fingerprint density at radius 1 is 1.67 bits per heavy atom. The maximum atomic E-state index is 11.6. The van der Waals surface area contributed by atoms with Crippen LogP contribution in [-0.4, -0.2) is 17.4 Å². The predicted molar refractivity (Wildman–Crippen MR) is 56.7 cm³/mol. The second kappa shape index (κ2) is 3.88. The zero-order valence-electron chi connectivity index (χ0n) is 8.62. The van der Waals surface area contributed by atoms with E-state index in [1.54, 1.807) is 0 Å². The van der Waals surface area contributed by atoms with Gasteiger partial charge in [0, 0.05) is 25.0 Å². The van der Waals surface area contributed by atoms with Crippen LogP contribution in [0.2, 0.25) is 0 Å². The third-order valence-corrected chi connectivity index (χ3v) is 2.87. The molecule has 2 N–H and O–H groups in total. The summed E-state index contributed by atoms with van der Waals surface area (Å²) in [5, 5.41) is 2.77. The maximum absolute atomic E-state index is 11.6. The number of nitrogens with one attached hydrogen (secondary N) is 2. The Kier molecular flexibility index (Phi) is 2.58. The van der Waals surface area contributed by atoms with Gasteiger partial charge >= 0.3 is 0 Å². The maximum Gasteiger partial charge on any atom is 0.256 e. The van der Waals surface area contributed by atoms with Crippen molar-refractivity contribution in [3.05, 3.63) is 34.2 Å². The van der Waals surface area contributed by atoms with E-state index in [0.717, 1.165) is 0 Å². The van der Waals surface area contributed by atoms with Crippen LogP contribution in [0.3, 0.4) is 0 Å². The summed E-state index contributed by atoms with van der Waals surface area (Å²) in [7, 11) is 0. The zero-order valence-corrected chi connectivity index (χ0v) is 8.62. The fraction of sp³-hybridized carbons (Fsp3) is 0.455. The normalized spacial score (nSPS) is 23.5. The molecule has 0 radical (unpaired) electrons. The van der Waals surface area contributed by atoms with Gasteiger partial charge in [-0.15, -0.1) is 0 Å². The van der Waals surface area contributed by atoms with Gasteiger partial charge in [-0.25, -0.2) is 0 Å². The molecule has 4 heteroatoms. The van der Waals surface area contributed by atoms with Gasteiger partial charge in [0.25, 0.3) is 5.91 Å². The number of aromatic nitrogens is 1. The molecule has 1 fully saturated rings. The number of amides is 1. The molecule has 0 bridgehead atoms. The molecular formula is C11H14N2O2. The lowest BCUT2D eigenvalue weighted by Gasteiger charge is -2.02. The molecule has 1 amide bonds. The van der Waals surface area contributed by atoms with Crippen molar-refractivity contribution in [3.8, 4) is 0 Å². The second-order valence-corrected chi connectivity index (χ2v) is 4.11. The summed E-state index contributed by atoms with van der Waals surface area (Å²) in [6, 6.07) is 1.36. The van der Waals surface area contributed by atoms with E-state index >= 15 is 0 Å². The summed E-state index contributed by atoms with van der Waals surface area (Å²) in [4.78, 5) is 25.6. The Bertz CT molecular complexity index is 425. The van der Waals surface area contributed by atoms with Gasteiger partial charge in [-0.2, -0.15) is 0 Å². The Morgan fingerprint density at radius 2 is 2.40 bits per heavy atom. The van der Waals surface area contributed by atoms with Crippen LogP contribution in [0.25, 0.3) is 0 Å². The number of pyridine rings is 1. The second-order valence-electron chi connectivity index (χ2n) is 4.11. The number of hydrogen-bond donors (Lipinski definition) is 2. The van der Waals surface area contributed by atoms with Crippen molar-refractivity contribution < 1.29 is 4.79 Å². The molecule has 4 nitrogen and oxygen atoms in total. The highest BCUT2D eigenvalue weighted by atomic mass is 16.2. The number of carbonyl (C=O) groups is 1. The first-order chi connectivity index (χ1) is 7.18. The van der Waals surface area contributed by atoms with E-state index in [4.69, 9.17) is 0 Å². The van der Waals surface area contributed by atoms with Crippen LogP contribution in [0, 0.1) is 11.8 Å². The van der Waals surface area contributed by atoms with Gasteiger partial charge in [0.05, 0.1) is 0 Å². The van der Waals surface area contributed by atoms with E-state index in [1.165, 1.54) is 24.9 Å². The van der Waals surface area contributed by atoms with E-state index in [-0.39, 0.29) is 16.9 Å². The molecular weight excluding hydrogens is 192 g/mol. The van der Waals surface area contributed by atoms with E-state index in [0.29, 0.717) is 18.4 Å². The van der Waals surface area contributed by atoms with E-state index in [2.05, 4.69) is 17.2 Å². The molecule has 1 heterocycles. The zero-order chi connectivity index (χ0) is 10.8.